The minimum Gasteiger partial charge on any atom is -0.363 e. The molecular formula is C17H21F3N4O2S2. The van der Waals surface area contributed by atoms with Crippen LogP contribution in [0.2, 0.25) is 0 Å². The SMILES string of the molecule is CS(=O)(=O)N1CCC(c2cc3n(n2)[C@@H](C(F)(F)F)C[C@@H](c2cccs2)N3)CC1. The first-order chi connectivity index (χ1) is 13.1. The topological polar surface area (TPSA) is 67.2 Å². The van der Waals surface area contributed by atoms with Gasteiger partial charge in [-0.2, -0.15) is 18.3 Å². The number of aromatic nitrogens is 2. The first-order valence-electron chi connectivity index (χ1n) is 9.04. The summed E-state index contributed by atoms with van der Waals surface area (Å²) >= 11 is 1.43. The lowest BCUT2D eigenvalue weighted by atomic mass is 9.95. The quantitative estimate of drug-likeness (QED) is 0.799. The second-order valence-electron chi connectivity index (χ2n) is 7.34. The highest BCUT2D eigenvalue weighted by Gasteiger charge is 2.47. The highest BCUT2D eigenvalue weighted by Crippen LogP contribution is 2.45. The summed E-state index contributed by atoms with van der Waals surface area (Å²) in [4.78, 5) is 0.865. The van der Waals surface area contributed by atoms with E-state index in [-0.39, 0.29) is 12.3 Å². The molecule has 1 fully saturated rings. The molecule has 4 heterocycles. The van der Waals surface area contributed by atoms with E-state index in [0.29, 0.717) is 37.4 Å². The molecule has 2 aromatic heterocycles. The lowest BCUT2D eigenvalue weighted by molar-refractivity contribution is -0.173. The van der Waals surface area contributed by atoms with Gasteiger partial charge in [-0.05, 0) is 24.3 Å². The van der Waals surface area contributed by atoms with Crippen LogP contribution >= 0.6 is 11.3 Å². The number of nitrogens with one attached hydrogen (secondary N) is 1. The van der Waals surface area contributed by atoms with Crippen molar-refractivity contribution >= 4 is 27.2 Å². The van der Waals surface area contributed by atoms with Crippen LogP contribution in [-0.4, -0.2) is 48.0 Å². The molecule has 1 saturated heterocycles. The molecule has 2 aliphatic heterocycles. The van der Waals surface area contributed by atoms with Crippen molar-refractivity contribution in [3.8, 4) is 0 Å². The van der Waals surface area contributed by atoms with Crippen LogP contribution in [0.15, 0.2) is 23.6 Å². The standard InChI is InChI=1S/C17H21F3N4O2S2/c1-28(25,26)23-6-4-11(5-7-23)12-10-16-21-13(14-3-2-8-27-14)9-15(17(18,19)20)24(16)22-12/h2-3,8,10-11,13,15,21H,4-7,9H2,1H3/t13-,15+/m0/s1. The van der Waals surface area contributed by atoms with Gasteiger partial charge < -0.3 is 5.32 Å². The van der Waals surface area contributed by atoms with E-state index in [1.165, 1.54) is 21.9 Å². The van der Waals surface area contributed by atoms with Crippen molar-refractivity contribution < 1.29 is 21.6 Å². The number of fused-ring (bicyclic) bond motifs is 1. The van der Waals surface area contributed by atoms with Gasteiger partial charge in [0.1, 0.15) is 5.82 Å². The summed E-state index contributed by atoms with van der Waals surface area (Å²) in [7, 11) is -3.25. The molecule has 2 aromatic rings. The Balaban J connectivity index is 1.59. The summed E-state index contributed by atoms with van der Waals surface area (Å²) < 4.78 is 66.9. The monoisotopic (exact) mass is 434 g/mol. The predicted octanol–water partition coefficient (Wildman–Crippen LogP) is 3.74. The molecule has 0 radical (unpaired) electrons. The van der Waals surface area contributed by atoms with E-state index in [0.717, 1.165) is 9.56 Å². The van der Waals surface area contributed by atoms with Gasteiger partial charge in [0.2, 0.25) is 10.0 Å². The molecule has 0 spiro atoms. The normalized spacial score (nSPS) is 24.7. The van der Waals surface area contributed by atoms with Crippen LogP contribution in [0.4, 0.5) is 19.0 Å². The second-order valence-corrected chi connectivity index (χ2v) is 10.3. The summed E-state index contributed by atoms with van der Waals surface area (Å²) in [5.41, 5.74) is 0.594. The Bertz CT molecular complexity index is 932. The zero-order chi connectivity index (χ0) is 20.1. The molecule has 28 heavy (non-hydrogen) atoms. The van der Waals surface area contributed by atoms with E-state index in [1.54, 1.807) is 6.07 Å². The highest BCUT2D eigenvalue weighted by atomic mass is 32.2. The third-order valence-corrected chi connectivity index (χ3v) is 7.73. The Morgan fingerprint density at radius 3 is 2.57 bits per heavy atom. The molecule has 2 aliphatic rings. The van der Waals surface area contributed by atoms with Crippen molar-refractivity contribution in [3.63, 3.8) is 0 Å². The third kappa shape index (κ3) is 3.79. The maximum atomic E-state index is 13.7. The van der Waals surface area contributed by atoms with Crippen LogP contribution in [0.3, 0.4) is 0 Å². The summed E-state index contributed by atoms with van der Waals surface area (Å²) in [6.45, 7) is 0.722. The van der Waals surface area contributed by atoms with E-state index < -0.39 is 28.3 Å². The van der Waals surface area contributed by atoms with E-state index >= 15 is 0 Å². The highest BCUT2D eigenvalue weighted by molar-refractivity contribution is 7.88. The van der Waals surface area contributed by atoms with E-state index in [4.69, 9.17) is 0 Å². The van der Waals surface area contributed by atoms with Gasteiger partial charge in [0.05, 0.1) is 18.0 Å². The molecule has 0 saturated carbocycles. The van der Waals surface area contributed by atoms with Gasteiger partial charge in [-0.25, -0.2) is 17.4 Å². The predicted molar refractivity (Wildman–Crippen MR) is 101 cm³/mol. The molecule has 0 unspecified atom stereocenters. The molecule has 4 rings (SSSR count). The summed E-state index contributed by atoms with van der Waals surface area (Å²) in [5, 5.41) is 9.35. The summed E-state index contributed by atoms with van der Waals surface area (Å²) in [6.07, 6.45) is -2.23. The number of hydrogen-bond acceptors (Lipinski definition) is 5. The van der Waals surface area contributed by atoms with E-state index in [2.05, 4.69) is 10.4 Å². The fourth-order valence-electron chi connectivity index (χ4n) is 3.95. The largest absolute Gasteiger partial charge is 0.410 e. The van der Waals surface area contributed by atoms with Gasteiger partial charge in [-0.1, -0.05) is 6.07 Å². The number of hydrogen-bond donors (Lipinski definition) is 1. The lowest BCUT2D eigenvalue weighted by Gasteiger charge is -2.32. The first kappa shape index (κ1) is 19.7. The molecule has 154 valence electrons. The van der Waals surface area contributed by atoms with Crippen LogP contribution < -0.4 is 5.32 Å². The van der Waals surface area contributed by atoms with Crippen LogP contribution in [0.5, 0.6) is 0 Å². The number of thiophene rings is 1. The van der Waals surface area contributed by atoms with Crippen molar-refractivity contribution in [2.75, 3.05) is 24.7 Å². The van der Waals surface area contributed by atoms with Crippen LogP contribution in [0.25, 0.3) is 0 Å². The van der Waals surface area contributed by atoms with Gasteiger partial charge in [-0.15, -0.1) is 11.3 Å². The second kappa shape index (κ2) is 7.03. The maximum absolute atomic E-state index is 13.7. The summed E-state index contributed by atoms with van der Waals surface area (Å²) in [6, 6.07) is 3.27. The molecule has 0 aromatic carbocycles. The van der Waals surface area contributed by atoms with Crippen LogP contribution in [0.1, 0.15) is 47.8 Å². The van der Waals surface area contributed by atoms with Gasteiger partial charge in [-0.3, -0.25) is 0 Å². The van der Waals surface area contributed by atoms with E-state index in [1.807, 2.05) is 17.5 Å². The zero-order valence-corrected chi connectivity index (χ0v) is 16.8. The van der Waals surface area contributed by atoms with Gasteiger partial charge in [0.15, 0.2) is 6.04 Å². The van der Waals surface area contributed by atoms with Crippen molar-refractivity contribution in [2.45, 2.75) is 43.4 Å². The zero-order valence-electron chi connectivity index (χ0n) is 15.2. The Labute approximate surface area is 165 Å². The number of piperidine rings is 1. The van der Waals surface area contributed by atoms with Gasteiger partial charge in [0, 0.05) is 36.4 Å². The molecule has 0 aliphatic carbocycles. The summed E-state index contributed by atoms with van der Waals surface area (Å²) in [5.74, 6) is 0.319. The minimum absolute atomic E-state index is 0.0491. The third-order valence-electron chi connectivity index (χ3n) is 5.44. The van der Waals surface area contributed by atoms with Crippen molar-refractivity contribution in [2.24, 2.45) is 0 Å². The van der Waals surface area contributed by atoms with Crippen molar-refractivity contribution in [3.05, 3.63) is 34.2 Å². The number of nitrogens with zero attached hydrogens (tertiary/aromatic N) is 3. The van der Waals surface area contributed by atoms with Crippen molar-refractivity contribution in [1.29, 1.82) is 0 Å². The fourth-order valence-corrected chi connectivity index (χ4v) is 5.62. The molecule has 6 nitrogen and oxygen atoms in total. The van der Waals surface area contributed by atoms with E-state index in [9.17, 15) is 21.6 Å². The van der Waals surface area contributed by atoms with Crippen LogP contribution in [-0.2, 0) is 10.0 Å². The average Bonchev–Trinajstić information content (AvgIpc) is 3.28. The van der Waals surface area contributed by atoms with Gasteiger partial charge >= 0.3 is 6.18 Å². The number of anilines is 1. The van der Waals surface area contributed by atoms with Gasteiger partial charge in [0.25, 0.3) is 0 Å². The number of rotatable bonds is 3. The Morgan fingerprint density at radius 1 is 1.29 bits per heavy atom. The number of halogens is 3. The molecule has 0 amide bonds. The minimum atomic E-state index is -4.39. The molecule has 0 bridgehead atoms. The maximum Gasteiger partial charge on any atom is 0.410 e. The number of sulfonamides is 1. The Hall–Kier alpha value is -1.59. The molecule has 1 N–H and O–H groups in total. The Morgan fingerprint density at radius 2 is 2.00 bits per heavy atom. The number of alkyl halides is 3. The molecule has 2 atom stereocenters. The van der Waals surface area contributed by atoms with Crippen LogP contribution in [0, 0.1) is 0 Å². The lowest BCUT2D eigenvalue weighted by Crippen LogP contribution is -2.37. The fraction of sp³-hybridized carbons (Fsp3) is 0.588. The average molecular weight is 435 g/mol. The molecular weight excluding hydrogens is 413 g/mol. The molecule has 11 heteroatoms. The van der Waals surface area contributed by atoms with Crippen molar-refractivity contribution in [1.82, 2.24) is 14.1 Å². The smallest absolute Gasteiger partial charge is 0.363 e. The Kier molecular flexibility index (Phi) is 4.95. The first-order valence-corrected chi connectivity index (χ1v) is 11.8.